The molecular formula is C40H68OP2. The Balaban J connectivity index is 0.000000198. The summed E-state index contributed by atoms with van der Waals surface area (Å²) in [6.07, 6.45) is 23.7. The third-order valence-corrected chi connectivity index (χ3v) is 14.4. The Morgan fingerprint density at radius 3 is 2.33 bits per heavy atom. The van der Waals surface area contributed by atoms with E-state index in [1.54, 1.807) is 5.57 Å². The number of hydrogen-bond donors (Lipinski definition) is 0. The van der Waals surface area contributed by atoms with Gasteiger partial charge >= 0.3 is 0 Å². The first-order valence-electron chi connectivity index (χ1n) is 18.0. The Kier molecular flexibility index (Phi) is 11.8. The number of fused-ring (bicyclic) bond motifs is 3. The summed E-state index contributed by atoms with van der Waals surface area (Å²) in [6, 6.07) is 0. The van der Waals surface area contributed by atoms with Crippen molar-refractivity contribution in [1.82, 2.24) is 0 Å². The van der Waals surface area contributed by atoms with Gasteiger partial charge in [-0.3, -0.25) is 0 Å². The Labute approximate surface area is 272 Å². The number of hydrogen-bond acceptors (Lipinski definition) is 1. The Morgan fingerprint density at radius 1 is 1.00 bits per heavy atom. The molecule has 244 valence electrons. The van der Waals surface area contributed by atoms with Gasteiger partial charge in [0.15, 0.2) is 0 Å². The van der Waals surface area contributed by atoms with E-state index in [9.17, 15) is 0 Å². The lowest BCUT2D eigenvalue weighted by atomic mass is 9.47. The van der Waals surface area contributed by atoms with Crippen molar-refractivity contribution in [3.05, 3.63) is 46.6 Å². The maximum Gasteiger partial charge on any atom is 0.0693 e. The Morgan fingerprint density at radius 2 is 1.65 bits per heavy atom. The van der Waals surface area contributed by atoms with E-state index in [2.05, 4.69) is 90.0 Å². The molecular weight excluding hydrogens is 558 g/mol. The molecule has 0 aliphatic heterocycles. The predicted molar refractivity (Wildman–Crippen MR) is 196 cm³/mol. The van der Waals surface area contributed by atoms with E-state index in [-0.39, 0.29) is 0 Å². The van der Waals surface area contributed by atoms with Crippen LogP contribution in [0, 0.1) is 45.3 Å². The SMILES string of the molecule is C=C1CCC2C(C)(C)CCC[C@]2(C)[C@H]1CC/C(C)=C/COPP.CC(C)C1=CCC2=C(CCC3C(C)(C)CCC[C@]23C)C1. The van der Waals surface area contributed by atoms with Crippen LogP contribution >= 0.6 is 17.4 Å². The van der Waals surface area contributed by atoms with Crippen LogP contribution in [0.1, 0.15) is 152 Å². The largest absolute Gasteiger partial charge is 0.354 e. The first kappa shape index (κ1) is 35.6. The Bertz CT molecular complexity index is 1090. The highest BCUT2D eigenvalue weighted by molar-refractivity contribution is 8.00. The summed E-state index contributed by atoms with van der Waals surface area (Å²) in [5.41, 5.74) is 10.4. The van der Waals surface area contributed by atoms with E-state index in [1.807, 2.05) is 11.1 Å². The summed E-state index contributed by atoms with van der Waals surface area (Å²) >= 11 is 0. The molecule has 0 N–H and O–H groups in total. The van der Waals surface area contributed by atoms with Gasteiger partial charge < -0.3 is 4.52 Å². The smallest absolute Gasteiger partial charge is 0.0693 e. The van der Waals surface area contributed by atoms with Gasteiger partial charge in [-0.05, 0) is 129 Å². The number of rotatable bonds is 7. The molecule has 3 heteroatoms. The quantitative estimate of drug-likeness (QED) is 0.155. The third-order valence-electron chi connectivity index (χ3n) is 13.6. The van der Waals surface area contributed by atoms with Crippen molar-refractivity contribution in [2.75, 3.05) is 6.61 Å². The van der Waals surface area contributed by atoms with Crippen LogP contribution in [-0.4, -0.2) is 6.61 Å². The van der Waals surface area contributed by atoms with Crippen molar-refractivity contribution in [1.29, 1.82) is 0 Å². The second-order valence-electron chi connectivity index (χ2n) is 17.4. The number of allylic oxidation sites excluding steroid dienone is 6. The van der Waals surface area contributed by atoms with Crippen LogP contribution < -0.4 is 0 Å². The van der Waals surface area contributed by atoms with Crippen LogP contribution in [-0.2, 0) is 4.52 Å². The molecule has 5 rings (SSSR count). The van der Waals surface area contributed by atoms with Crippen LogP contribution in [0.3, 0.4) is 0 Å². The summed E-state index contributed by atoms with van der Waals surface area (Å²) in [5, 5.41) is 0. The van der Waals surface area contributed by atoms with E-state index in [4.69, 9.17) is 4.52 Å². The minimum Gasteiger partial charge on any atom is -0.354 e. The maximum atomic E-state index is 5.45. The van der Waals surface area contributed by atoms with Gasteiger partial charge in [-0.1, -0.05) is 124 Å². The molecule has 0 spiro atoms. The molecule has 0 aromatic heterocycles. The van der Waals surface area contributed by atoms with Crippen LogP contribution in [0.2, 0.25) is 0 Å². The van der Waals surface area contributed by atoms with Gasteiger partial charge in [0.25, 0.3) is 0 Å². The molecule has 4 unspecified atom stereocenters. The molecule has 0 heterocycles. The third kappa shape index (κ3) is 7.68. The van der Waals surface area contributed by atoms with Crippen molar-refractivity contribution in [3.63, 3.8) is 0 Å². The lowest BCUT2D eigenvalue weighted by Crippen LogP contribution is -2.49. The zero-order valence-corrected chi connectivity index (χ0v) is 31.9. The minimum absolute atomic E-state index is 0.468. The second kappa shape index (κ2) is 14.3. The van der Waals surface area contributed by atoms with E-state index in [1.165, 1.54) is 101 Å². The lowest BCUT2D eigenvalue weighted by molar-refractivity contribution is -0.0539. The lowest BCUT2D eigenvalue weighted by Gasteiger charge is -2.58. The average molecular weight is 627 g/mol. The van der Waals surface area contributed by atoms with Gasteiger partial charge in [-0.25, -0.2) is 0 Å². The van der Waals surface area contributed by atoms with Crippen LogP contribution in [0.25, 0.3) is 0 Å². The molecule has 0 saturated heterocycles. The van der Waals surface area contributed by atoms with Gasteiger partial charge in [-0.2, -0.15) is 0 Å². The molecule has 0 bridgehead atoms. The molecule has 0 amide bonds. The standard InChI is InChI=1S/C20H36OP2.C20H32/c1-15(11-14-21-23-22)7-9-17-16(2)8-10-18-19(3,4)12-6-13-20(17,18)5;1-14(2)15-7-9-17-16(13-15)8-10-18-19(3,4)11-6-12-20(17,18)5/h11,17-18,23H,2,6-10,12-14,22H2,1,3-5H3;7,14,18H,6,8-13H2,1-5H3/b15-11+;/t17-,18?,20+;18?,20-/m01/s1. The van der Waals surface area contributed by atoms with Crippen LogP contribution in [0.15, 0.2) is 46.6 Å². The zero-order valence-electron chi connectivity index (χ0n) is 29.8. The molecule has 1 nitrogen and oxygen atoms in total. The van der Waals surface area contributed by atoms with Crippen molar-refractivity contribution in [2.45, 2.75) is 152 Å². The van der Waals surface area contributed by atoms with E-state index in [0.717, 1.165) is 24.4 Å². The van der Waals surface area contributed by atoms with Crippen molar-refractivity contribution in [3.8, 4) is 0 Å². The fraction of sp³-hybridized carbons (Fsp3) is 0.800. The molecule has 0 aromatic carbocycles. The summed E-state index contributed by atoms with van der Waals surface area (Å²) in [4.78, 5) is 0. The van der Waals surface area contributed by atoms with Crippen molar-refractivity contribution in [2.24, 2.45) is 45.3 Å². The molecule has 5 aliphatic rings. The maximum absolute atomic E-state index is 5.45. The molecule has 3 fully saturated rings. The van der Waals surface area contributed by atoms with Gasteiger partial charge in [0, 0.05) is 8.50 Å². The summed E-state index contributed by atoms with van der Waals surface area (Å²) in [6.45, 7) is 27.4. The van der Waals surface area contributed by atoms with Crippen molar-refractivity contribution >= 4 is 17.4 Å². The second-order valence-corrected chi connectivity index (χ2v) is 18.6. The predicted octanol–water partition coefficient (Wildman–Crippen LogP) is 13.2. The fourth-order valence-electron chi connectivity index (χ4n) is 11.1. The monoisotopic (exact) mass is 626 g/mol. The van der Waals surface area contributed by atoms with Crippen LogP contribution in [0.5, 0.6) is 0 Å². The molecule has 43 heavy (non-hydrogen) atoms. The Hall–Kier alpha value is -0.220. The molecule has 3 saturated carbocycles. The highest BCUT2D eigenvalue weighted by atomic mass is 32.0. The summed E-state index contributed by atoms with van der Waals surface area (Å²) in [7, 11) is 3.14. The molecule has 5 aliphatic carbocycles. The topological polar surface area (TPSA) is 9.23 Å². The fourth-order valence-corrected chi connectivity index (χ4v) is 11.6. The normalized spacial score (nSPS) is 35.6. The average Bonchev–Trinajstić information content (AvgIpc) is 2.92. The van der Waals surface area contributed by atoms with Gasteiger partial charge in [-0.15, -0.1) is 0 Å². The zero-order chi connectivity index (χ0) is 31.6. The first-order valence-corrected chi connectivity index (χ1v) is 20.7. The molecule has 0 aromatic rings. The minimum atomic E-state index is 0.468. The molecule has 7 atom stereocenters. The van der Waals surface area contributed by atoms with E-state index in [0.29, 0.717) is 36.1 Å². The van der Waals surface area contributed by atoms with E-state index >= 15 is 0 Å². The summed E-state index contributed by atoms with van der Waals surface area (Å²) in [5.74, 6) is 3.22. The van der Waals surface area contributed by atoms with Crippen molar-refractivity contribution < 1.29 is 4.52 Å². The highest BCUT2D eigenvalue weighted by Gasteiger charge is 2.53. The van der Waals surface area contributed by atoms with Gasteiger partial charge in [0.1, 0.15) is 0 Å². The van der Waals surface area contributed by atoms with E-state index < -0.39 is 0 Å². The highest BCUT2D eigenvalue weighted by Crippen LogP contribution is 2.63. The van der Waals surface area contributed by atoms with Gasteiger partial charge in [0.2, 0.25) is 0 Å². The summed E-state index contributed by atoms with van der Waals surface area (Å²) < 4.78 is 5.45. The van der Waals surface area contributed by atoms with Gasteiger partial charge in [0.05, 0.1) is 6.61 Å². The first-order chi connectivity index (χ1) is 20.2. The van der Waals surface area contributed by atoms with Crippen LogP contribution in [0.4, 0.5) is 0 Å². The molecule has 0 radical (unpaired) electrons.